The maximum atomic E-state index is 11.4. The molecule has 0 fully saturated rings. The zero-order valence-electron chi connectivity index (χ0n) is 10.6. The zero-order valence-corrected chi connectivity index (χ0v) is 10.6. The second kappa shape index (κ2) is 5.48. The summed E-state index contributed by atoms with van der Waals surface area (Å²) in [4.78, 5) is 11.4. The normalized spacial score (nSPS) is 23.1. The first-order valence-electron chi connectivity index (χ1n) is 6.09. The van der Waals surface area contributed by atoms with Crippen molar-refractivity contribution >= 4 is 5.91 Å². The van der Waals surface area contributed by atoms with Crippen molar-refractivity contribution in [3.8, 4) is 0 Å². The van der Waals surface area contributed by atoms with Gasteiger partial charge in [0.05, 0.1) is 6.04 Å². The van der Waals surface area contributed by atoms with Crippen LogP contribution in [-0.4, -0.2) is 18.5 Å². The van der Waals surface area contributed by atoms with Crippen molar-refractivity contribution in [2.24, 2.45) is 17.1 Å². The Balaban J connectivity index is 2.44. The van der Waals surface area contributed by atoms with Gasteiger partial charge in [-0.15, -0.1) is 0 Å². The Labute approximate surface area is 98.5 Å². The molecule has 0 bridgehead atoms. The number of carbonyl (C=O) groups excluding carboxylic acids is 1. The van der Waals surface area contributed by atoms with Crippen LogP contribution >= 0.6 is 0 Å². The van der Waals surface area contributed by atoms with Crippen molar-refractivity contribution in [1.29, 1.82) is 0 Å². The highest BCUT2D eigenvalue weighted by Crippen LogP contribution is 2.21. The number of nitrogens with one attached hydrogen (secondary N) is 1. The Hall–Kier alpha value is -0.830. The van der Waals surface area contributed by atoms with Gasteiger partial charge in [0.2, 0.25) is 5.91 Å². The van der Waals surface area contributed by atoms with Gasteiger partial charge in [-0.1, -0.05) is 32.9 Å². The molecule has 0 aliphatic heterocycles. The lowest BCUT2D eigenvalue weighted by molar-refractivity contribution is -0.122. The van der Waals surface area contributed by atoms with E-state index in [2.05, 4.69) is 17.5 Å². The number of rotatable bonds is 4. The van der Waals surface area contributed by atoms with Gasteiger partial charge in [-0.25, -0.2) is 0 Å². The molecule has 1 rings (SSSR count). The molecule has 0 unspecified atom stereocenters. The van der Waals surface area contributed by atoms with Crippen molar-refractivity contribution in [2.45, 2.75) is 46.1 Å². The molecule has 0 saturated carbocycles. The molecule has 0 heterocycles. The minimum Gasteiger partial charge on any atom is -0.368 e. The number of allylic oxidation sites excluding steroid dienone is 2. The lowest BCUT2D eigenvalue weighted by Gasteiger charge is -2.30. The van der Waals surface area contributed by atoms with Gasteiger partial charge in [-0.3, -0.25) is 4.79 Å². The summed E-state index contributed by atoms with van der Waals surface area (Å²) in [6.45, 7) is 7.00. The molecule has 1 aliphatic carbocycles. The summed E-state index contributed by atoms with van der Waals surface area (Å²) in [6.07, 6.45) is 7.93. The van der Waals surface area contributed by atoms with Crippen LogP contribution in [0.1, 0.15) is 40.0 Å². The monoisotopic (exact) mass is 224 g/mol. The van der Waals surface area contributed by atoms with E-state index in [1.807, 2.05) is 20.8 Å². The Morgan fingerprint density at radius 3 is 2.62 bits per heavy atom. The highest BCUT2D eigenvalue weighted by molar-refractivity contribution is 5.80. The second-order valence-corrected chi connectivity index (χ2v) is 5.76. The average Bonchev–Trinajstić information content (AvgIpc) is 2.17. The Bertz CT molecular complexity index is 266. The van der Waals surface area contributed by atoms with Crippen LogP contribution < -0.4 is 11.1 Å². The van der Waals surface area contributed by atoms with E-state index < -0.39 is 0 Å². The van der Waals surface area contributed by atoms with Crippen molar-refractivity contribution in [2.75, 3.05) is 6.54 Å². The van der Waals surface area contributed by atoms with Gasteiger partial charge in [0, 0.05) is 0 Å². The third-order valence-electron chi connectivity index (χ3n) is 3.14. The lowest BCUT2D eigenvalue weighted by Crippen LogP contribution is -2.51. The molecule has 0 aromatic carbocycles. The zero-order chi connectivity index (χ0) is 12.2. The molecule has 16 heavy (non-hydrogen) atoms. The first-order valence-corrected chi connectivity index (χ1v) is 6.09. The number of primary amides is 1. The topological polar surface area (TPSA) is 55.1 Å². The van der Waals surface area contributed by atoms with Crippen molar-refractivity contribution < 1.29 is 4.79 Å². The standard InChI is InChI=1S/C13H24N2O/c1-13(2,3)11(12(14)16)15-9-10-7-5-4-6-8-10/h4-5,10-11,15H,6-9H2,1-3H3,(H2,14,16)/t10-,11-/m1/s1. The Kier molecular flexibility index (Phi) is 4.54. The summed E-state index contributed by atoms with van der Waals surface area (Å²) >= 11 is 0. The summed E-state index contributed by atoms with van der Waals surface area (Å²) in [7, 11) is 0. The van der Waals surface area contributed by atoms with Crippen LogP contribution in [0.15, 0.2) is 12.2 Å². The quantitative estimate of drug-likeness (QED) is 0.716. The van der Waals surface area contributed by atoms with Gasteiger partial charge in [0.15, 0.2) is 0 Å². The van der Waals surface area contributed by atoms with Gasteiger partial charge in [0.1, 0.15) is 0 Å². The SMILES string of the molecule is CC(C)(C)[C@H](NC[C@@H]1CC=CCC1)C(N)=O. The molecule has 0 aromatic rings. The number of carbonyl (C=O) groups is 1. The smallest absolute Gasteiger partial charge is 0.235 e. The van der Waals surface area contributed by atoms with E-state index in [0.29, 0.717) is 5.92 Å². The summed E-state index contributed by atoms with van der Waals surface area (Å²) in [5.74, 6) is 0.396. The predicted octanol–water partition coefficient (Wildman–Crippen LogP) is 1.83. The maximum absolute atomic E-state index is 11.4. The summed E-state index contributed by atoms with van der Waals surface area (Å²) in [5.41, 5.74) is 5.31. The lowest BCUT2D eigenvalue weighted by atomic mass is 9.85. The van der Waals surface area contributed by atoms with E-state index in [4.69, 9.17) is 5.73 Å². The maximum Gasteiger partial charge on any atom is 0.235 e. The minimum atomic E-state index is -0.251. The van der Waals surface area contributed by atoms with E-state index in [0.717, 1.165) is 19.4 Å². The predicted molar refractivity (Wildman–Crippen MR) is 66.9 cm³/mol. The van der Waals surface area contributed by atoms with Crippen molar-refractivity contribution in [3.63, 3.8) is 0 Å². The van der Waals surface area contributed by atoms with Gasteiger partial charge in [-0.2, -0.15) is 0 Å². The minimum absolute atomic E-state index is 0.115. The van der Waals surface area contributed by atoms with Crippen LogP contribution in [0.2, 0.25) is 0 Å². The van der Waals surface area contributed by atoms with Crippen LogP contribution in [-0.2, 0) is 4.79 Å². The van der Waals surface area contributed by atoms with Gasteiger partial charge < -0.3 is 11.1 Å². The molecule has 1 aliphatic rings. The van der Waals surface area contributed by atoms with Crippen LogP contribution in [0.25, 0.3) is 0 Å². The Morgan fingerprint density at radius 1 is 1.50 bits per heavy atom. The third kappa shape index (κ3) is 3.97. The van der Waals surface area contributed by atoms with E-state index in [1.165, 1.54) is 6.42 Å². The first kappa shape index (κ1) is 13.2. The largest absolute Gasteiger partial charge is 0.368 e. The molecule has 2 atom stereocenters. The highest BCUT2D eigenvalue weighted by Gasteiger charge is 2.29. The van der Waals surface area contributed by atoms with Crippen LogP contribution in [0.4, 0.5) is 0 Å². The van der Waals surface area contributed by atoms with E-state index >= 15 is 0 Å². The average molecular weight is 224 g/mol. The fourth-order valence-electron chi connectivity index (χ4n) is 2.16. The molecule has 0 aromatic heterocycles. The molecule has 1 amide bonds. The van der Waals surface area contributed by atoms with Crippen molar-refractivity contribution in [3.05, 3.63) is 12.2 Å². The molecular weight excluding hydrogens is 200 g/mol. The molecule has 0 saturated heterocycles. The first-order chi connectivity index (χ1) is 7.41. The van der Waals surface area contributed by atoms with Crippen LogP contribution in [0.5, 0.6) is 0 Å². The van der Waals surface area contributed by atoms with E-state index in [-0.39, 0.29) is 17.4 Å². The molecular formula is C13H24N2O. The number of amides is 1. The molecule has 92 valence electrons. The Morgan fingerprint density at radius 2 is 2.19 bits per heavy atom. The molecule has 3 nitrogen and oxygen atoms in total. The number of hydrogen-bond acceptors (Lipinski definition) is 2. The van der Waals surface area contributed by atoms with Gasteiger partial charge >= 0.3 is 0 Å². The van der Waals surface area contributed by atoms with Crippen molar-refractivity contribution in [1.82, 2.24) is 5.32 Å². The van der Waals surface area contributed by atoms with E-state index in [1.54, 1.807) is 0 Å². The number of hydrogen-bond donors (Lipinski definition) is 2. The van der Waals surface area contributed by atoms with Gasteiger partial charge in [0.25, 0.3) is 0 Å². The molecule has 3 N–H and O–H groups in total. The summed E-state index contributed by atoms with van der Waals surface area (Å²) in [5, 5.41) is 3.32. The highest BCUT2D eigenvalue weighted by atomic mass is 16.1. The molecule has 0 spiro atoms. The number of nitrogens with two attached hydrogens (primary N) is 1. The third-order valence-corrected chi connectivity index (χ3v) is 3.14. The van der Waals surface area contributed by atoms with Crippen LogP contribution in [0, 0.1) is 11.3 Å². The molecule has 3 heteroatoms. The fourth-order valence-corrected chi connectivity index (χ4v) is 2.16. The second-order valence-electron chi connectivity index (χ2n) is 5.76. The summed E-state index contributed by atoms with van der Waals surface area (Å²) < 4.78 is 0. The van der Waals surface area contributed by atoms with E-state index in [9.17, 15) is 4.79 Å². The van der Waals surface area contributed by atoms with Crippen LogP contribution in [0.3, 0.4) is 0 Å². The summed E-state index contributed by atoms with van der Waals surface area (Å²) in [6, 6.07) is -0.238. The van der Waals surface area contributed by atoms with Gasteiger partial charge in [-0.05, 0) is 37.1 Å². The fraction of sp³-hybridized carbons (Fsp3) is 0.769. The molecule has 0 radical (unpaired) electrons.